The Bertz CT molecular complexity index is 967. The second-order valence-corrected chi connectivity index (χ2v) is 7.76. The zero-order valence-corrected chi connectivity index (χ0v) is 14.8. The highest BCUT2D eigenvalue weighted by molar-refractivity contribution is 7.89. The van der Waals surface area contributed by atoms with Gasteiger partial charge in [-0.3, -0.25) is 0 Å². The maximum absolute atomic E-state index is 12.4. The molecule has 0 saturated heterocycles. The minimum atomic E-state index is -3.56. The van der Waals surface area contributed by atoms with Gasteiger partial charge in [-0.05, 0) is 49.2 Å². The van der Waals surface area contributed by atoms with Crippen molar-refractivity contribution in [3.63, 3.8) is 0 Å². The molecule has 0 saturated carbocycles. The van der Waals surface area contributed by atoms with Gasteiger partial charge in [-0.25, -0.2) is 18.1 Å². The van der Waals surface area contributed by atoms with Crippen LogP contribution < -0.4 is 4.72 Å². The van der Waals surface area contributed by atoms with Crippen LogP contribution in [0.1, 0.15) is 12.0 Å². The van der Waals surface area contributed by atoms with E-state index in [0.29, 0.717) is 30.1 Å². The smallest absolute Gasteiger partial charge is 0.240 e. The third-order valence-corrected chi connectivity index (χ3v) is 5.67. The van der Waals surface area contributed by atoms with E-state index in [0.717, 1.165) is 11.0 Å². The molecule has 0 spiro atoms. The van der Waals surface area contributed by atoms with Crippen LogP contribution >= 0.6 is 11.6 Å². The number of pyridine rings is 1. The van der Waals surface area contributed by atoms with Gasteiger partial charge in [0.2, 0.25) is 10.0 Å². The van der Waals surface area contributed by atoms with E-state index in [2.05, 4.69) is 9.71 Å². The fourth-order valence-corrected chi connectivity index (χ4v) is 4.18. The van der Waals surface area contributed by atoms with Gasteiger partial charge in [0.25, 0.3) is 0 Å². The lowest BCUT2D eigenvalue weighted by molar-refractivity contribution is 0.571. The molecule has 1 N–H and O–H groups in total. The summed E-state index contributed by atoms with van der Waals surface area (Å²) in [4.78, 5) is 4.57. The Labute approximate surface area is 146 Å². The van der Waals surface area contributed by atoms with Gasteiger partial charge in [0.1, 0.15) is 5.65 Å². The van der Waals surface area contributed by atoms with Gasteiger partial charge in [-0.1, -0.05) is 17.7 Å². The van der Waals surface area contributed by atoms with E-state index < -0.39 is 10.0 Å². The number of fused-ring (bicyclic) bond motifs is 1. The number of sulfonamides is 1. The number of hydrogen-bond donors (Lipinski definition) is 1. The maximum atomic E-state index is 12.4. The first-order chi connectivity index (χ1) is 11.5. The molecule has 3 aromatic rings. The normalized spacial score (nSPS) is 11.9. The van der Waals surface area contributed by atoms with Gasteiger partial charge in [0.15, 0.2) is 0 Å². The largest absolute Gasteiger partial charge is 0.332 e. The van der Waals surface area contributed by atoms with Crippen LogP contribution in [0.4, 0.5) is 0 Å². The molecule has 0 amide bonds. The molecule has 7 heteroatoms. The van der Waals surface area contributed by atoms with E-state index in [9.17, 15) is 8.42 Å². The van der Waals surface area contributed by atoms with Crippen molar-refractivity contribution in [1.82, 2.24) is 14.3 Å². The zero-order chi connectivity index (χ0) is 17.2. The Balaban J connectivity index is 1.62. The van der Waals surface area contributed by atoms with Crippen LogP contribution in [0, 0.1) is 6.92 Å². The number of aryl methyl sites for hydroxylation is 2. The molecule has 5 nitrogen and oxygen atoms in total. The van der Waals surface area contributed by atoms with Crippen molar-refractivity contribution in [3.05, 3.63) is 59.4 Å². The fourth-order valence-electron chi connectivity index (χ4n) is 2.60. The van der Waals surface area contributed by atoms with Crippen molar-refractivity contribution in [1.29, 1.82) is 0 Å². The van der Waals surface area contributed by atoms with Gasteiger partial charge in [-0.15, -0.1) is 0 Å². The van der Waals surface area contributed by atoms with Crippen LogP contribution in [0.3, 0.4) is 0 Å². The molecular formula is C17H18ClN3O2S. The van der Waals surface area contributed by atoms with Gasteiger partial charge < -0.3 is 4.57 Å². The first-order valence-corrected chi connectivity index (χ1v) is 9.49. The Morgan fingerprint density at radius 2 is 2.08 bits per heavy atom. The molecule has 24 heavy (non-hydrogen) atoms. The van der Waals surface area contributed by atoms with E-state index in [1.165, 1.54) is 6.07 Å². The summed E-state index contributed by atoms with van der Waals surface area (Å²) in [5.41, 5.74) is 1.58. The van der Waals surface area contributed by atoms with Crippen molar-refractivity contribution in [2.75, 3.05) is 6.54 Å². The summed E-state index contributed by atoms with van der Waals surface area (Å²) >= 11 is 5.90. The van der Waals surface area contributed by atoms with Crippen molar-refractivity contribution in [3.8, 4) is 0 Å². The number of benzene rings is 1. The van der Waals surface area contributed by atoms with Crippen LogP contribution in [0.25, 0.3) is 11.0 Å². The summed E-state index contributed by atoms with van der Waals surface area (Å²) in [5.74, 6) is 0. The van der Waals surface area contributed by atoms with Crippen molar-refractivity contribution < 1.29 is 8.42 Å². The van der Waals surface area contributed by atoms with Crippen LogP contribution in [-0.2, 0) is 16.6 Å². The molecule has 3 rings (SSSR count). The fraction of sp³-hybridized carbons (Fsp3) is 0.235. The lowest BCUT2D eigenvalue weighted by Crippen LogP contribution is -2.26. The minimum Gasteiger partial charge on any atom is -0.332 e. The van der Waals surface area contributed by atoms with E-state index in [4.69, 9.17) is 11.6 Å². The first kappa shape index (κ1) is 17.0. The SMILES string of the molecule is Cc1ccc(Cl)cc1S(=O)(=O)NCCCn1ccc2cccnc21. The predicted octanol–water partition coefficient (Wildman–Crippen LogP) is 3.37. The number of rotatable bonds is 6. The molecule has 0 aliphatic rings. The molecular weight excluding hydrogens is 346 g/mol. The number of nitrogens with one attached hydrogen (secondary N) is 1. The predicted molar refractivity (Wildman–Crippen MR) is 95.7 cm³/mol. The first-order valence-electron chi connectivity index (χ1n) is 7.63. The third-order valence-electron chi connectivity index (χ3n) is 3.83. The lowest BCUT2D eigenvalue weighted by atomic mass is 10.2. The van der Waals surface area contributed by atoms with Crippen LogP contribution in [0.2, 0.25) is 5.02 Å². The summed E-state index contributed by atoms with van der Waals surface area (Å²) in [6.45, 7) is 2.79. The van der Waals surface area contributed by atoms with Crippen LogP contribution in [0.15, 0.2) is 53.7 Å². The average molecular weight is 364 g/mol. The Morgan fingerprint density at radius 3 is 2.92 bits per heavy atom. The number of nitrogens with zero attached hydrogens (tertiary/aromatic N) is 2. The van der Waals surface area contributed by atoms with Crippen LogP contribution in [0.5, 0.6) is 0 Å². The lowest BCUT2D eigenvalue weighted by Gasteiger charge is -2.10. The highest BCUT2D eigenvalue weighted by Gasteiger charge is 2.16. The number of halogens is 1. The molecule has 2 heterocycles. The van der Waals surface area contributed by atoms with Gasteiger partial charge in [0, 0.05) is 35.9 Å². The van der Waals surface area contributed by atoms with Crippen LogP contribution in [-0.4, -0.2) is 24.5 Å². The van der Waals surface area contributed by atoms with Gasteiger partial charge in [-0.2, -0.15) is 0 Å². The quantitative estimate of drug-likeness (QED) is 0.683. The molecule has 0 fully saturated rings. The molecule has 0 bridgehead atoms. The number of aromatic nitrogens is 2. The van der Waals surface area contributed by atoms with E-state index in [-0.39, 0.29) is 4.90 Å². The standard InChI is InChI=1S/C17H18ClN3O2S/c1-13-5-6-15(18)12-16(13)24(22,23)20-9-3-10-21-11-7-14-4-2-8-19-17(14)21/h2,4-8,11-12,20H,3,9-10H2,1H3. The highest BCUT2D eigenvalue weighted by atomic mass is 35.5. The summed E-state index contributed by atoms with van der Waals surface area (Å²) in [6, 6.07) is 10.8. The molecule has 2 aromatic heterocycles. The summed E-state index contributed by atoms with van der Waals surface area (Å²) in [6.07, 6.45) is 4.38. The topological polar surface area (TPSA) is 64.0 Å². The molecule has 0 aliphatic heterocycles. The Morgan fingerprint density at radius 1 is 1.25 bits per heavy atom. The molecule has 0 radical (unpaired) electrons. The highest BCUT2D eigenvalue weighted by Crippen LogP contribution is 2.20. The Hall–Kier alpha value is -1.89. The second-order valence-electron chi connectivity index (χ2n) is 5.59. The Kier molecular flexibility index (Phi) is 4.89. The monoisotopic (exact) mass is 363 g/mol. The van der Waals surface area contributed by atoms with E-state index in [1.807, 2.05) is 29.0 Å². The minimum absolute atomic E-state index is 0.225. The summed E-state index contributed by atoms with van der Waals surface area (Å²) in [5, 5.41) is 1.48. The van der Waals surface area contributed by atoms with Crippen molar-refractivity contribution in [2.45, 2.75) is 24.8 Å². The molecule has 0 atom stereocenters. The third kappa shape index (κ3) is 3.61. The van der Waals surface area contributed by atoms with E-state index >= 15 is 0 Å². The maximum Gasteiger partial charge on any atom is 0.240 e. The van der Waals surface area contributed by atoms with Crippen molar-refractivity contribution >= 4 is 32.7 Å². The van der Waals surface area contributed by atoms with Gasteiger partial charge >= 0.3 is 0 Å². The van der Waals surface area contributed by atoms with E-state index in [1.54, 1.807) is 25.3 Å². The molecule has 126 valence electrons. The second kappa shape index (κ2) is 6.93. The molecule has 0 aliphatic carbocycles. The molecule has 1 aromatic carbocycles. The molecule has 0 unspecified atom stereocenters. The summed E-state index contributed by atoms with van der Waals surface area (Å²) in [7, 11) is -3.56. The van der Waals surface area contributed by atoms with Crippen molar-refractivity contribution in [2.24, 2.45) is 0 Å². The summed E-state index contributed by atoms with van der Waals surface area (Å²) < 4.78 is 29.4. The van der Waals surface area contributed by atoms with Gasteiger partial charge in [0.05, 0.1) is 4.90 Å². The number of hydrogen-bond acceptors (Lipinski definition) is 3. The average Bonchev–Trinajstić information content (AvgIpc) is 2.97. The zero-order valence-electron chi connectivity index (χ0n) is 13.2.